The molecule has 4 aromatic carbocycles. The molecule has 0 amide bonds. The number of para-hydroxylation sites is 2. The van der Waals surface area contributed by atoms with Gasteiger partial charge in [0.25, 0.3) is 0 Å². The zero-order valence-electron chi connectivity index (χ0n) is 15.4. The van der Waals surface area contributed by atoms with Crippen molar-refractivity contribution in [1.29, 1.82) is 0 Å². The van der Waals surface area contributed by atoms with Crippen molar-refractivity contribution in [2.45, 2.75) is 0 Å². The summed E-state index contributed by atoms with van der Waals surface area (Å²) in [6.07, 6.45) is 1.69. The van der Waals surface area contributed by atoms with E-state index < -0.39 is 0 Å². The molecule has 0 unspecified atom stereocenters. The third kappa shape index (κ3) is 2.65. The van der Waals surface area contributed by atoms with Gasteiger partial charge in [-0.05, 0) is 36.4 Å². The van der Waals surface area contributed by atoms with Gasteiger partial charge >= 0.3 is 0 Å². The summed E-state index contributed by atoms with van der Waals surface area (Å²) in [5.41, 5.74) is 5.23. The fourth-order valence-corrected chi connectivity index (χ4v) is 3.79. The van der Waals surface area contributed by atoms with Crippen LogP contribution in [0.4, 0.5) is 11.4 Å². The molecule has 0 aliphatic rings. The first-order valence-electron chi connectivity index (χ1n) is 9.47. The van der Waals surface area contributed by atoms with Crippen molar-refractivity contribution >= 4 is 61.6 Å². The van der Waals surface area contributed by atoms with Gasteiger partial charge in [-0.15, -0.1) is 0 Å². The van der Waals surface area contributed by atoms with Crippen LogP contribution in [0, 0.1) is 0 Å². The maximum absolute atomic E-state index is 5.94. The summed E-state index contributed by atoms with van der Waals surface area (Å²) in [5, 5.41) is 7.68. The number of anilines is 1. The van der Waals surface area contributed by atoms with Crippen molar-refractivity contribution in [2.24, 2.45) is 4.99 Å². The van der Waals surface area contributed by atoms with E-state index >= 15 is 0 Å². The van der Waals surface area contributed by atoms with E-state index in [2.05, 4.69) is 28.5 Å². The van der Waals surface area contributed by atoms with E-state index in [9.17, 15) is 0 Å². The molecule has 138 valence electrons. The van der Waals surface area contributed by atoms with Gasteiger partial charge in [-0.25, -0.2) is 4.99 Å². The molecule has 0 spiro atoms. The van der Waals surface area contributed by atoms with Crippen LogP contribution >= 0.6 is 0 Å². The van der Waals surface area contributed by atoms with Crippen LogP contribution < -0.4 is 5.32 Å². The van der Waals surface area contributed by atoms with Gasteiger partial charge in [-0.2, -0.15) is 0 Å². The van der Waals surface area contributed by atoms with Crippen molar-refractivity contribution < 1.29 is 8.83 Å². The van der Waals surface area contributed by atoms with E-state index in [4.69, 9.17) is 8.83 Å². The van der Waals surface area contributed by atoms with Gasteiger partial charge < -0.3 is 14.2 Å². The lowest BCUT2D eigenvalue weighted by molar-refractivity contribution is 0.668. The summed E-state index contributed by atoms with van der Waals surface area (Å²) in [5.74, 6) is 0. The van der Waals surface area contributed by atoms with E-state index in [1.54, 1.807) is 6.34 Å². The van der Waals surface area contributed by atoms with Gasteiger partial charge in [0.2, 0.25) is 0 Å². The first kappa shape index (κ1) is 16.0. The molecule has 6 rings (SSSR count). The fourth-order valence-electron chi connectivity index (χ4n) is 3.79. The number of benzene rings is 4. The number of rotatable bonds is 3. The molecule has 0 radical (unpaired) electrons. The number of nitrogens with zero attached hydrogens (tertiary/aromatic N) is 1. The Morgan fingerprint density at radius 1 is 0.586 bits per heavy atom. The second kappa shape index (κ2) is 6.24. The minimum Gasteiger partial charge on any atom is -0.456 e. The second-order valence-corrected chi connectivity index (χ2v) is 6.99. The molecule has 0 aliphatic heterocycles. The van der Waals surface area contributed by atoms with Crippen LogP contribution in [0.2, 0.25) is 0 Å². The van der Waals surface area contributed by atoms with Gasteiger partial charge in [0.15, 0.2) is 0 Å². The molecule has 0 aliphatic carbocycles. The fraction of sp³-hybridized carbons (Fsp3) is 0. The van der Waals surface area contributed by atoms with E-state index in [1.165, 1.54) is 0 Å². The van der Waals surface area contributed by atoms with Crippen molar-refractivity contribution in [3.63, 3.8) is 0 Å². The van der Waals surface area contributed by atoms with Crippen LogP contribution in [0.1, 0.15) is 0 Å². The highest BCUT2D eigenvalue weighted by atomic mass is 16.3. The third-order valence-corrected chi connectivity index (χ3v) is 5.19. The van der Waals surface area contributed by atoms with Crippen molar-refractivity contribution in [3.8, 4) is 0 Å². The molecule has 0 fully saturated rings. The van der Waals surface area contributed by atoms with Crippen molar-refractivity contribution in [1.82, 2.24) is 0 Å². The van der Waals surface area contributed by atoms with Crippen LogP contribution in [-0.4, -0.2) is 6.34 Å². The number of nitrogens with one attached hydrogen (secondary N) is 1. The summed E-state index contributed by atoms with van der Waals surface area (Å²) in [4.78, 5) is 4.52. The molecule has 2 heterocycles. The highest BCUT2D eigenvalue weighted by Gasteiger charge is 2.07. The quantitative estimate of drug-likeness (QED) is 0.261. The molecule has 2 aromatic heterocycles. The molecular weight excluding hydrogens is 360 g/mol. The minimum atomic E-state index is 0.828. The predicted octanol–water partition coefficient (Wildman–Crippen LogP) is 7.26. The standard InChI is InChI=1S/C25H16N2O2/c1-3-7-22-18(5-1)20-11-9-16(13-24(20)28-22)26-15-27-17-10-12-21-19-6-2-4-8-23(19)29-25(21)14-17/h1-15H,(H,26,27). The van der Waals surface area contributed by atoms with E-state index in [1.807, 2.05) is 66.7 Å². The zero-order chi connectivity index (χ0) is 19.2. The van der Waals surface area contributed by atoms with E-state index in [0.29, 0.717) is 0 Å². The summed E-state index contributed by atoms with van der Waals surface area (Å²) >= 11 is 0. The van der Waals surface area contributed by atoms with Crippen molar-refractivity contribution in [2.75, 3.05) is 5.32 Å². The maximum atomic E-state index is 5.94. The van der Waals surface area contributed by atoms with Crippen LogP contribution in [0.25, 0.3) is 43.9 Å². The van der Waals surface area contributed by atoms with Gasteiger partial charge in [0, 0.05) is 39.4 Å². The van der Waals surface area contributed by atoms with Gasteiger partial charge in [0.1, 0.15) is 22.3 Å². The number of fused-ring (bicyclic) bond motifs is 6. The number of furan rings is 2. The average molecular weight is 376 g/mol. The molecule has 0 saturated heterocycles. The molecule has 29 heavy (non-hydrogen) atoms. The lowest BCUT2D eigenvalue weighted by Gasteiger charge is -2.00. The van der Waals surface area contributed by atoms with Crippen molar-refractivity contribution in [3.05, 3.63) is 84.9 Å². The lowest BCUT2D eigenvalue weighted by Crippen LogP contribution is -1.93. The molecule has 6 aromatic rings. The molecule has 4 nitrogen and oxygen atoms in total. The molecule has 0 bridgehead atoms. The second-order valence-electron chi connectivity index (χ2n) is 6.99. The lowest BCUT2D eigenvalue weighted by atomic mass is 10.1. The molecular formula is C25H16N2O2. The highest BCUT2D eigenvalue weighted by Crippen LogP contribution is 2.32. The molecule has 0 atom stereocenters. The normalized spacial score (nSPS) is 12.0. The smallest absolute Gasteiger partial charge is 0.137 e. The molecule has 1 N–H and O–H groups in total. The largest absolute Gasteiger partial charge is 0.456 e. The Morgan fingerprint density at radius 2 is 1.17 bits per heavy atom. The minimum absolute atomic E-state index is 0.828. The van der Waals surface area contributed by atoms with E-state index in [-0.39, 0.29) is 0 Å². The number of hydrogen-bond acceptors (Lipinski definition) is 3. The highest BCUT2D eigenvalue weighted by molar-refractivity contribution is 6.06. The Balaban J connectivity index is 1.29. The van der Waals surface area contributed by atoms with Crippen LogP contribution in [0.15, 0.2) is 98.8 Å². The Kier molecular flexibility index (Phi) is 3.43. The first-order valence-corrected chi connectivity index (χ1v) is 9.47. The molecule has 4 heteroatoms. The number of aliphatic imine (C=N–C) groups is 1. The summed E-state index contributed by atoms with van der Waals surface area (Å²) in [6.45, 7) is 0. The summed E-state index contributed by atoms with van der Waals surface area (Å²) < 4.78 is 11.9. The molecule has 0 saturated carbocycles. The van der Waals surface area contributed by atoms with Crippen LogP contribution in [-0.2, 0) is 0 Å². The summed E-state index contributed by atoms with van der Waals surface area (Å²) in [6, 6.07) is 28.2. The van der Waals surface area contributed by atoms with Gasteiger partial charge in [0.05, 0.1) is 12.0 Å². The Morgan fingerprint density at radius 3 is 1.90 bits per heavy atom. The Hall–Kier alpha value is -4.05. The van der Waals surface area contributed by atoms with E-state index in [0.717, 1.165) is 55.3 Å². The Bertz CT molecular complexity index is 1540. The van der Waals surface area contributed by atoms with Crippen LogP contribution in [0.3, 0.4) is 0 Å². The monoisotopic (exact) mass is 376 g/mol. The SMILES string of the molecule is C(=Nc1ccc2c(c1)oc1ccccc12)Nc1ccc2c(c1)oc1ccccc12. The van der Waals surface area contributed by atoms with Gasteiger partial charge in [-0.3, -0.25) is 0 Å². The maximum Gasteiger partial charge on any atom is 0.137 e. The summed E-state index contributed by atoms with van der Waals surface area (Å²) in [7, 11) is 0. The number of hydrogen-bond donors (Lipinski definition) is 1. The van der Waals surface area contributed by atoms with Crippen LogP contribution in [0.5, 0.6) is 0 Å². The Labute approximate surface area is 166 Å². The zero-order valence-corrected chi connectivity index (χ0v) is 15.4. The first-order chi connectivity index (χ1) is 14.3. The predicted molar refractivity (Wildman–Crippen MR) is 119 cm³/mol. The average Bonchev–Trinajstić information content (AvgIpc) is 3.31. The van der Waals surface area contributed by atoms with Gasteiger partial charge in [-0.1, -0.05) is 36.4 Å². The topological polar surface area (TPSA) is 50.7 Å². The third-order valence-electron chi connectivity index (χ3n) is 5.19.